The molecule has 2 N–H and O–H groups in total. The highest BCUT2D eigenvalue weighted by Gasteiger charge is 2.34. The zero-order valence-corrected chi connectivity index (χ0v) is 16.2. The molecule has 0 aliphatic carbocycles. The molecular weight excluding hydrogens is 417 g/mol. The first kappa shape index (κ1) is 22.0. The Morgan fingerprint density at radius 2 is 2.10 bits per heavy atom. The van der Waals surface area contributed by atoms with Crippen LogP contribution in [0.2, 0.25) is 0 Å². The van der Waals surface area contributed by atoms with Crippen LogP contribution in [-0.2, 0) is 15.8 Å². The third-order valence-corrected chi connectivity index (χ3v) is 4.58. The van der Waals surface area contributed by atoms with Crippen LogP contribution in [0.15, 0.2) is 41.1 Å². The zero-order chi connectivity index (χ0) is 22.6. The number of halogens is 3. The van der Waals surface area contributed by atoms with Crippen LogP contribution in [0.4, 0.5) is 19.1 Å². The number of carbonyl (C=O) groups is 1. The third-order valence-electron chi connectivity index (χ3n) is 4.58. The molecule has 0 saturated heterocycles. The van der Waals surface area contributed by atoms with Gasteiger partial charge in [0.1, 0.15) is 17.7 Å². The fraction of sp³-hybridized carbons (Fsp3) is 0.316. The van der Waals surface area contributed by atoms with Gasteiger partial charge in [-0.2, -0.15) is 18.4 Å². The van der Waals surface area contributed by atoms with Gasteiger partial charge in [-0.1, -0.05) is 6.08 Å². The van der Waals surface area contributed by atoms with E-state index < -0.39 is 29.3 Å². The maximum Gasteiger partial charge on any atom is 0.421 e. The van der Waals surface area contributed by atoms with Gasteiger partial charge in [0.05, 0.1) is 18.0 Å². The summed E-state index contributed by atoms with van der Waals surface area (Å²) in [5.74, 6) is -0.0918. The smallest absolute Gasteiger partial charge is 0.337 e. The molecule has 0 aromatic carbocycles. The molecule has 12 heteroatoms. The number of hydrogen-bond donors (Lipinski definition) is 2. The monoisotopic (exact) mass is 434 g/mol. The Bertz CT molecular complexity index is 1090. The molecule has 1 amide bonds. The van der Waals surface area contributed by atoms with Crippen molar-refractivity contribution >= 4 is 11.9 Å². The van der Waals surface area contributed by atoms with Gasteiger partial charge in [-0.25, -0.2) is 15.4 Å². The summed E-state index contributed by atoms with van der Waals surface area (Å²) in [7, 11) is 0. The van der Waals surface area contributed by atoms with Gasteiger partial charge >= 0.3 is 6.18 Å². The van der Waals surface area contributed by atoms with Crippen molar-refractivity contribution in [2.45, 2.75) is 25.6 Å². The van der Waals surface area contributed by atoms with Crippen LogP contribution in [-0.4, -0.2) is 33.9 Å². The number of pyridine rings is 1. The van der Waals surface area contributed by atoms with E-state index in [0.717, 1.165) is 6.20 Å². The molecule has 1 unspecified atom stereocenters. The lowest BCUT2D eigenvalue weighted by atomic mass is 10.1. The fourth-order valence-electron chi connectivity index (χ4n) is 2.82. The summed E-state index contributed by atoms with van der Waals surface area (Å²) in [6.45, 7) is 2.25. The number of hydrogen-bond acceptors (Lipinski definition) is 7. The summed E-state index contributed by atoms with van der Waals surface area (Å²) in [4.78, 5) is 40.9. The number of rotatable bonds is 5. The molecule has 0 saturated carbocycles. The van der Waals surface area contributed by atoms with Crippen molar-refractivity contribution in [1.29, 1.82) is 5.26 Å². The molecule has 0 bridgehead atoms. The second-order valence-corrected chi connectivity index (χ2v) is 6.67. The molecule has 0 radical (unpaired) electrons. The molecule has 3 heterocycles. The molecular formula is C19H17F3N6O3. The van der Waals surface area contributed by atoms with Gasteiger partial charge in [-0.15, -0.1) is 0 Å². The molecule has 0 spiro atoms. The number of nitrogens with one attached hydrogen (secondary N) is 2. The Hall–Kier alpha value is -3.72. The third kappa shape index (κ3) is 5.26. The Morgan fingerprint density at radius 3 is 2.68 bits per heavy atom. The van der Waals surface area contributed by atoms with Crippen LogP contribution in [0.3, 0.4) is 0 Å². The van der Waals surface area contributed by atoms with Crippen LogP contribution in [0.1, 0.15) is 36.1 Å². The number of aromatic amines is 1. The van der Waals surface area contributed by atoms with Crippen molar-refractivity contribution in [1.82, 2.24) is 20.4 Å². The van der Waals surface area contributed by atoms with Gasteiger partial charge in [-0.05, 0) is 19.4 Å². The molecule has 9 nitrogen and oxygen atoms in total. The first-order valence-electron chi connectivity index (χ1n) is 9.11. The first-order valence-corrected chi connectivity index (χ1v) is 9.11. The average molecular weight is 434 g/mol. The molecule has 2 aromatic heterocycles. The van der Waals surface area contributed by atoms with Crippen molar-refractivity contribution in [2.24, 2.45) is 0 Å². The molecule has 3 rings (SSSR count). The largest absolute Gasteiger partial charge is 0.421 e. The highest BCUT2D eigenvalue weighted by Crippen LogP contribution is 2.28. The van der Waals surface area contributed by atoms with Crippen molar-refractivity contribution in [3.63, 3.8) is 0 Å². The Kier molecular flexibility index (Phi) is 6.36. The number of nitriles is 1. The normalized spacial score (nSPS) is 15.1. The van der Waals surface area contributed by atoms with E-state index in [2.05, 4.69) is 15.4 Å². The van der Waals surface area contributed by atoms with E-state index in [1.165, 1.54) is 19.3 Å². The Balaban J connectivity index is 1.58. The van der Waals surface area contributed by atoms with Crippen molar-refractivity contribution in [2.75, 3.05) is 18.0 Å². The van der Waals surface area contributed by atoms with Gasteiger partial charge in [0.25, 0.3) is 11.5 Å². The summed E-state index contributed by atoms with van der Waals surface area (Å²) in [5, 5.41) is 8.78. The minimum absolute atomic E-state index is 0.0500. The number of nitrogens with zero attached hydrogens (tertiary/aromatic N) is 4. The number of anilines is 1. The van der Waals surface area contributed by atoms with E-state index in [1.807, 2.05) is 16.0 Å². The minimum atomic E-state index is -4.80. The number of aromatic nitrogens is 3. The lowest BCUT2D eigenvalue weighted by Gasteiger charge is -2.26. The van der Waals surface area contributed by atoms with Crippen molar-refractivity contribution < 1.29 is 22.8 Å². The number of amides is 1. The SMILES string of the molecule is CC(ONC(=O)C1=CCN(c2ncc(C#N)cn2)CC1)c1c[nH]c(=O)c(C(F)(F)F)c1. The molecule has 1 atom stereocenters. The molecule has 162 valence electrons. The fourth-order valence-corrected chi connectivity index (χ4v) is 2.82. The summed E-state index contributed by atoms with van der Waals surface area (Å²) >= 11 is 0. The molecule has 1 aliphatic rings. The van der Waals surface area contributed by atoms with Crippen molar-refractivity contribution in [3.05, 3.63) is 63.4 Å². The predicted octanol–water partition coefficient (Wildman–Crippen LogP) is 2.00. The highest BCUT2D eigenvalue weighted by molar-refractivity contribution is 5.93. The lowest BCUT2D eigenvalue weighted by molar-refractivity contribution is -0.139. The predicted molar refractivity (Wildman–Crippen MR) is 101 cm³/mol. The van der Waals surface area contributed by atoms with E-state index in [0.29, 0.717) is 42.7 Å². The van der Waals surface area contributed by atoms with Gasteiger partial charge in [0.15, 0.2) is 0 Å². The van der Waals surface area contributed by atoms with Crippen LogP contribution in [0, 0.1) is 11.3 Å². The molecule has 31 heavy (non-hydrogen) atoms. The van der Waals surface area contributed by atoms with Gasteiger partial charge in [0.2, 0.25) is 5.95 Å². The zero-order valence-electron chi connectivity index (χ0n) is 16.2. The lowest BCUT2D eigenvalue weighted by Crippen LogP contribution is -2.35. The van der Waals surface area contributed by atoms with Crippen LogP contribution >= 0.6 is 0 Å². The maximum absolute atomic E-state index is 12.9. The second kappa shape index (κ2) is 8.97. The van der Waals surface area contributed by atoms with Gasteiger partial charge < -0.3 is 9.88 Å². The second-order valence-electron chi connectivity index (χ2n) is 6.67. The Labute approximate surface area is 174 Å². The standard InChI is InChI=1S/C19H17F3N6O3/c1-11(14-6-15(19(20,21)22)17(30)24-10-14)31-27-16(29)13-2-4-28(5-3-13)18-25-8-12(7-23)9-26-18/h2,6,8-11H,3-5H2,1H3,(H,24,30)(H,27,29). The van der Waals surface area contributed by atoms with Crippen molar-refractivity contribution in [3.8, 4) is 6.07 Å². The van der Waals surface area contributed by atoms with E-state index in [-0.39, 0.29) is 5.56 Å². The maximum atomic E-state index is 12.9. The summed E-state index contributed by atoms with van der Waals surface area (Å²) in [6, 6.07) is 2.62. The molecule has 0 fully saturated rings. The number of H-pyrrole nitrogens is 1. The van der Waals surface area contributed by atoms with Gasteiger partial charge in [0, 0.05) is 30.4 Å². The number of hydroxylamine groups is 1. The van der Waals surface area contributed by atoms with E-state index >= 15 is 0 Å². The Morgan fingerprint density at radius 1 is 1.39 bits per heavy atom. The highest BCUT2D eigenvalue weighted by atomic mass is 19.4. The average Bonchev–Trinajstić information content (AvgIpc) is 2.77. The quantitative estimate of drug-likeness (QED) is 0.690. The molecule has 2 aromatic rings. The number of carbonyl (C=O) groups excluding carboxylic acids is 1. The van der Waals surface area contributed by atoms with E-state index in [9.17, 15) is 22.8 Å². The van der Waals surface area contributed by atoms with Gasteiger partial charge in [-0.3, -0.25) is 14.4 Å². The van der Waals surface area contributed by atoms with E-state index in [4.69, 9.17) is 10.1 Å². The topological polar surface area (TPSA) is 124 Å². The summed E-state index contributed by atoms with van der Waals surface area (Å²) in [5.41, 5.74) is 0.462. The van der Waals surface area contributed by atoms with E-state index in [1.54, 1.807) is 6.08 Å². The minimum Gasteiger partial charge on any atom is -0.337 e. The first-order chi connectivity index (χ1) is 14.7. The van der Waals surface area contributed by atoms with Crippen LogP contribution in [0.5, 0.6) is 0 Å². The summed E-state index contributed by atoms with van der Waals surface area (Å²) in [6.07, 6.45) is 0.206. The van der Waals surface area contributed by atoms with Crippen LogP contribution in [0.25, 0.3) is 0 Å². The van der Waals surface area contributed by atoms with Crippen LogP contribution < -0.4 is 15.9 Å². The summed E-state index contributed by atoms with van der Waals surface area (Å²) < 4.78 is 38.6. The molecule has 1 aliphatic heterocycles. The number of alkyl halides is 3.